The summed E-state index contributed by atoms with van der Waals surface area (Å²) in [7, 11) is 0. The van der Waals surface area contributed by atoms with Crippen molar-refractivity contribution in [3.05, 3.63) is 23.8 Å². The molecule has 29 heavy (non-hydrogen) atoms. The van der Waals surface area contributed by atoms with Gasteiger partial charge in [0.05, 0.1) is 6.10 Å². The van der Waals surface area contributed by atoms with Crippen LogP contribution in [0.25, 0.3) is 0 Å². The molecule has 4 atom stereocenters. The van der Waals surface area contributed by atoms with E-state index in [0.717, 1.165) is 37.4 Å². The zero-order chi connectivity index (χ0) is 21.2. The van der Waals surface area contributed by atoms with Gasteiger partial charge < -0.3 is 20.4 Å². The van der Waals surface area contributed by atoms with Gasteiger partial charge >= 0.3 is 0 Å². The Morgan fingerprint density at radius 3 is 2.55 bits per heavy atom. The lowest BCUT2D eigenvalue weighted by Gasteiger charge is -2.35. The van der Waals surface area contributed by atoms with Crippen LogP contribution in [0.2, 0.25) is 0 Å². The fourth-order valence-corrected chi connectivity index (χ4v) is 4.71. The molecule has 1 saturated heterocycles. The first-order chi connectivity index (χ1) is 13.7. The minimum atomic E-state index is -0.510. The minimum Gasteiger partial charge on any atom is -0.396 e. The summed E-state index contributed by atoms with van der Waals surface area (Å²) < 4.78 is 0. The summed E-state index contributed by atoms with van der Waals surface area (Å²) in [5.41, 5.74) is 0.838. The van der Waals surface area contributed by atoms with Crippen LogP contribution in [-0.2, 0) is 16.6 Å². The molecule has 1 aliphatic heterocycles. The van der Waals surface area contributed by atoms with Crippen molar-refractivity contribution < 1.29 is 15.0 Å². The summed E-state index contributed by atoms with van der Waals surface area (Å²) in [4.78, 5) is 22.6. The van der Waals surface area contributed by atoms with Crippen molar-refractivity contribution in [2.45, 2.75) is 77.0 Å². The van der Waals surface area contributed by atoms with Gasteiger partial charge in [-0.1, -0.05) is 20.8 Å². The van der Waals surface area contributed by atoms with Crippen molar-refractivity contribution in [2.75, 3.05) is 19.7 Å². The second kappa shape index (κ2) is 9.06. The second-order valence-corrected chi connectivity index (χ2v) is 9.69. The van der Waals surface area contributed by atoms with Gasteiger partial charge in [0.15, 0.2) is 0 Å². The van der Waals surface area contributed by atoms with Crippen LogP contribution in [-0.4, -0.2) is 68.9 Å². The van der Waals surface area contributed by atoms with Gasteiger partial charge in [-0.3, -0.25) is 4.79 Å². The third kappa shape index (κ3) is 5.32. The van der Waals surface area contributed by atoms with E-state index in [0.29, 0.717) is 18.9 Å². The van der Waals surface area contributed by atoms with E-state index >= 15 is 0 Å². The van der Waals surface area contributed by atoms with Crippen LogP contribution in [0.3, 0.4) is 0 Å². The van der Waals surface area contributed by atoms with Crippen LogP contribution >= 0.6 is 0 Å². The Balaban J connectivity index is 1.70. The average molecular weight is 405 g/mol. The topological polar surface area (TPSA) is 98.6 Å². The Bertz CT molecular complexity index is 698. The van der Waals surface area contributed by atoms with E-state index in [1.54, 1.807) is 6.92 Å². The van der Waals surface area contributed by atoms with E-state index in [2.05, 4.69) is 31.1 Å². The molecule has 0 spiro atoms. The van der Waals surface area contributed by atoms with Gasteiger partial charge in [0.1, 0.15) is 5.82 Å². The molecule has 7 heteroatoms. The average Bonchev–Trinajstić information content (AvgIpc) is 2.95. The Kier molecular flexibility index (Phi) is 6.91. The molecular weight excluding hydrogens is 368 g/mol. The highest BCUT2D eigenvalue weighted by molar-refractivity contribution is 5.73. The van der Waals surface area contributed by atoms with Crippen LogP contribution < -0.4 is 5.32 Å². The molecule has 2 aliphatic rings. The molecule has 2 fully saturated rings. The Morgan fingerprint density at radius 1 is 1.28 bits per heavy atom. The van der Waals surface area contributed by atoms with Crippen molar-refractivity contribution in [1.29, 1.82) is 0 Å². The summed E-state index contributed by atoms with van der Waals surface area (Å²) in [5, 5.41) is 24.2. The fourth-order valence-electron chi connectivity index (χ4n) is 4.71. The summed E-state index contributed by atoms with van der Waals surface area (Å²) in [5.74, 6) is 0.910. The van der Waals surface area contributed by atoms with E-state index in [-0.39, 0.29) is 35.8 Å². The van der Waals surface area contributed by atoms with Crippen molar-refractivity contribution in [3.63, 3.8) is 0 Å². The summed E-state index contributed by atoms with van der Waals surface area (Å²) in [6.45, 7) is 9.44. The first-order valence-electron chi connectivity index (χ1n) is 10.8. The largest absolute Gasteiger partial charge is 0.396 e. The molecule has 1 amide bonds. The first kappa shape index (κ1) is 22.1. The SMILES string of the molecule is CC(=O)N1CCC(N[C@@H]2C[C@@H](O)[C@H](CO)[C@H]2Cc2ccnc(C(C)(C)C)n2)CC1. The molecule has 0 bridgehead atoms. The van der Waals surface area contributed by atoms with E-state index in [9.17, 15) is 15.0 Å². The molecular formula is C22H36N4O3. The van der Waals surface area contributed by atoms with Gasteiger partial charge in [-0.25, -0.2) is 9.97 Å². The number of aliphatic hydroxyl groups is 2. The first-order valence-corrected chi connectivity index (χ1v) is 10.8. The lowest BCUT2D eigenvalue weighted by molar-refractivity contribution is -0.129. The Morgan fingerprint density at radius 2 is 1.97 bits per heavy atom. The van der Waals surface area contributed by atoms with Gasteiger partial charge in [0.2, 0.25) is 5.91 Å². The highest BCUT2D eigenvalue weighted by atomic mass is 16.3. The number of aromatic nitrogens is 2. The lowest BCUT2D eigenvalue weighted by Crippen LogP contribution is -2.49. The quantitative estimate of drug-likeness (QED) is 0.684. The number of piperidine rings is 1. The van der Waals surface area contributed by atoms with Crippen LogP contribution in [0, 0.1) is 11.8 Å². The molecule has 0 radical (unpaired) electrons. The van der Waals surface area contributed by atoms with Gasteiger partial charge in [-0.05, 0) is 37.7 Å². The van der Waals surface area contributed by atoms with E-state index < -0.39 is 6.10 Å². The lowest BCUT2D eigenvalue weighted by atomic mass is 9.87. The van der Waals surface area contributed by atoms with E-state index in [4.69, 9.17) is 4.98 Å². The number of carbonyl (C=O) groups excluding carboxylic acids is 1. The molecule has 1 saturated carbocycles. The summed E-state index contributed by atoms with van der Waals surface area (Å²) in [6.07, 6.45) is 4.48. The number of likely N-dealkylation sites (tertiary alicyclic amines) is 1. The fraction of sp³-hybridized carbons (Fsp3) is 0.773. The molecule has 1 aromatic rings. The van der Waals surface area contributed by atoms with Gasteiger partial charge in [-0.2, -0.15) is 0 Å². The number of carbonyl (C=O) groups is 1. The Hall–Kier alpha value is -1.57. The maximum Gasteiger partial charge on any atom is 0.219 e. The zero-order valence-corrected chi connectivity index (χ0v) is 18.1. The number of hydrogen-bond acceptors (Lipinski definition) is 6. The number of nitrogens with zero attached hydrogens (tertiary/aromatic N) is 3. The molecule has 3 rings (SSSR count). The van der Waals surface area contributed by atoms with Gasteiger partial charge in [0.25, 0.3) is 0 Å². The van der Waals surface area contributed by atoms with Crippen LogP contribution in [0.4, 0.5) is 0 Å². The molecule has 2 heterocycles. The highest BCUT2D eigenvalue weighted by Crippen LogP contribution is 2.35. The minimum absolute atomic E-state index is 0.0238. The highest BCUT2D eigenvalue weighted by Gasteiger charge is 2.43. The third-order valence-electron chi connectivity index (χ3n) is 6.49. The zero-order valence-electron chi connectivity index (χ0n) is 18.1. The second-order valence-electron chi connectivity index (χ2n) is 9.69. The molecule has 162 valence electrons. The van der Waals surface area contributed by atoms with Gasteiger partial charge in [-0.15, -0.1) is 0 Å². The van der Waals surface area contributed by atoms with Crippen LogP contribution in [0.5, 0.6) is 0 Å². The number of nitrogens with one attached hydrogen (secondary N) is 1. The maximum atomic E-state index is 11.6. The number of rotatable bonds is 5. The van der Waals surface area contributed by atoms with Crippen molar-refractivity contribution in [2.24, 2.45) is 11.8 Å². The smallest absolute Gasteiger partial charge is 0.219 e. The predicted molar refractivity (Wildman–Crippen MR) is 111 cm³/mol. The predicted octanol–water partition coefficient (Wildman–Crippen LogP) is 1.27. The summed E-state index contributed by atoms with van der Waals surface area (Å²) >= 11 is 0. The number of hydrogen-bond donors (Lipinski definition) is 3. The normalized spacial score (nSPS) is 28.7. The van der Waals surface area contributed by atoms with Crippen molar-refractivity contribution in [1.82, 2.24) is 20.2 Å². The van der Waals surface area contributed by atoms with E-state index in [1.807, 2.05) is 17.2 Å². The molecule has 7 nitrogen and oxygen atoms in total. The third-order valence-corrected chi connectivity index (χ3v) is 6.49. The summed E-state index contributed by atoms with van der Waals surface area (Å²) in [6, 6.07) is 2.40. The molecule has 0 aromatic carbocycles. The van der Waals surface area contributed by atoms with Gasteiger partial charge in [0, 0.05) is 61.9 Å². The monoisotopic (exact) mass is 404 g/mol. The molecule has 1 aromatic heterocycles. The number of amides is 1. The van der Waals surface area contributed by atoms with E-state index in [1.165, 1.54) is 0 Å². The van der Waals surface area contributed by atoms with Crippen molar-refractivity contribution in [3.8, 4) is 0 Å². The standard InChI is InChI=1S/C22H36N4O3/c1-14(28)26-9-6-15(7-10-26)24-19-12-20(29)18(13-27)17(19)11-16-5-8-23-21(25-16)22(2,3)4/h5,8,15,17-20,24,27,29H,6-7,9-13H2,1-4H3/t17-,18-,19-,20-/m1/s1. The molecule has 1 aliphatic carbocycles. The maximum absolute atomic E-state index is 11.6. The van der Waals surface area contributed by atoms with Crippen LogP contribution in [0.1, 0.15) is 58.5 Å². The molecule has 0 unspecified atom stereocenters. The number of aliphatic hydroxyl groups excluding tert-OH is 2. The Labute approximate surface area is 173 Å². The van der Waals surface area contributed by atoms with Crippen LogP contribution in [0.15, 0.2) is 12.3 Å². The van der Waals surface area contributed by atoms with Crippen molar-refractivity contribution >= 4 is 5.91 Å². The molecule has 3 N–H and O–H groups in total.